The van der Waals surface area contributed by atoms with Crippen LogP contribution in [0.15, 0.2) is 18.2 Å². The van der Waals surface area contributed by atoms with Crippen LogP contribution in [0.1, 0.15) is 35.6 Å². The maximum Gasteiger partial charge on any atom is 0.0917 e. The number of benzene rings is 1. The van der Waals surface area contributed by atoms with Gasteiger partial charge in [-0.2, -0.15) is 0 Å². The smallest absolute Gasteiger partial charge is 0.0917 e. The SMILES string of the molecule is Cc1cc(C)cc(C(O)CN(C)CC(O)C2CC2)c1. The minimum absolute atomic E-state index is 0.239. The maximum absolute atomic E-state index is 10.3. The van der Waals surface area contributed by atoms with Crippen LogP contribution in [-0.2, 0) is 0 Å². The molecule has 0 aromatic heterocycles. The minimum Gasteiger partial charge on any atom is -0.392 e. The second kappa shape index (κ2) is 6.04. The number of rotatable bonds is 6. The normalized spacial score (nSPS) is 18.6. The van der Waals surface area contributed by atoms with Gasteiger partial charge in [-0.15, -0.1) is 0 Å². The van der Waals surface area contributed by atoms with Gasteiger partial charge in [-0.3, -0.25) is 0 Å². The van der Waals surface area contributed by atoms with Crippen LogP contribution in [0.5, 0.6) is 0 Å². The molecule has 0 aliphatic heterocycles. The topological polar surface area (TPSA) is 43.7 Å². The molecule has 0 bridgehead atoms. The van der Waals surface area contributed by atoms with E-state index in [0.29, 0.717) is 19.0 Å². The van der Waals surface area contributed by atoms with Crippen molar-refractivity contribution in [2.24, 2.45) is 5.92 Å². The molecule has 0 radical (unpaired) electrons. The van der Waals surface area contributed by atoms with Crippen molar-refractivity contribution in [2.75, 3.05) is 20.1 Å². The highest BCUT2D eigenvalue weighted by molar-refractivity contribution is 5.30. The Bertz CT molecular complexity index is 409. The molecule has 3 nitrogen and oxygen atoms in total. The van der Waals surface area contributed by atoms with E-state index in [2.05, 4.69) is 6.07 Å². The molecule has 106 valence electrons. The summed E-state index contributed by atoms with van der Waals surface area (Å²) in [5, 5.41) is 20.2. The molecular weight excluding hydrogens is 238 g/mol. The minimum atomic E-state index is -0.491. The summed E-state index contributed by atoms with van der Waals surface area (Å²) < 4.78 is 0. The molecule has 2 unspecified atom stereocenters. The van der Waals surface area contributed by atoms with E-state index in [9.17, 15) is 10.2 Å². The summed E-state index contributed by atoms with van der Waals surface area (Å²) in [4.78, 5) is 2.02. The lowest BCUT2D eigenvalue weighted by molar-refractivity contribution is 0.0732. The standard InChI is InChI=1S/C16H25NO2/c1-11-6-12(2)8-14(7-11)16(19)10-17(3)9-15(18)13-4-5-13/h6-8,13,15-16,18-19H,4-5,9-10H2,1-3H3. The third-order valence-electron chi connectivity index (χ3n) is 3.78. The van der Waals surface area contributed by atoms with Crippen LogP contribution in [0.2, 0.25) is 0 Å². The summed E-state index contributed by atoms with van der Waals surface area (Å²) in [6, 6.07) is 6.17. The van der Waals surface area contributed by atoms with Crippen molar-refractivity contribution in [3.8, 4) is 0 Å². The van der Waals surface area contributed by atoms with Gasteiger partial charge in [0.2, 0.25) is 0 Å². The average molecular weight is 263 g/mol. The van der Waals surface area contributed by atoms with Crippen molar-refractivity contribution >= 4 is 0 Å². The molecule has 0 saturated heterocycles. The molecule has 1 saturated carbocycles. The van der Waals surface area contributed by atoms with Crippen molar-refractivity contribution in [1.29, 1.82) is 0 Å². The summed E-state index contributed by atoms with van der Waals surface area (Å²) in [6.07, 6.45) is 1.56. The lowest BCUT2D eigenvalue weighted by atomic mass is 10.0. The van der Waals surface area contributed by atoms with Crippen molar-refractivity contribution in [3.05, 3.63) is 34.9 Å². The quantitative estimate of drug-likeness (QED) is 0.825. The van der Waals surface area contributed by atoms with Crippen molar-refractivity contribution in [2.45, 2.75) is 38.9 Å². The first-order valence-electron chi connectivity index (χ1n) is 7.08. The zero-order chi connectivity index (χ0) is 14.0. The van der Waals surface area contributed by atoms with Crippen LogP contribution in [0, 0.1) is 19.8 Å². The fourth-order valence-corrected chi connectivity index (χ4v) is 2.63. The summed E-state index contributed by atoms with van der Waals surface area (Å²) >= 11 is 0. The van der Waals surface area contributed by atoms with E-state index in [1.54, 1.807) is 0 Å². The molecule has 2 N–H and O–H groups in total. The van der Waals surface area contributed by atoms with Crippen molar-refractivity contribution in [3.63, 3.8) is 0 Å². The molecular formula is C16H25NO2. The summed E-state index contributed by atoms with van der Waals surface area (Å²) in [5.74, 6) is 0.487. The van der Waals surface area contributed by atoms with E-state index in [-0.39, 0.29) is 6.10 Å². The highest BCUT2D eigenvalue weighted by Crippen LogP contribution is 2.32. The predicted molar refractivity (Wildman–Crippen MR) is 77.1 cm³/mol. The van der Waals surface area contributed by atoms with Crippen molar-refractivity contribution < 1.29 is 10.2 Å². The van der Waals surface area contributed by atoms with Crippen LogP contribution in [-0.4, -0.2) is 41.4 Å². The Hall–Kier alpha value is -0.900. The molecule has 0 amide bonds. The Morgan fingerprint density at radius 2 is 1.68 bits per heavy atom. The molecule has 2 atom stereocenters. The largest absolute Gasteiger partial charge is 0.392 e. The zero-order valence-corrected chi connectivity index (χ0v) is 12.1. The maximum atomic E-state index is 10.3. The van der Waals surface area contributed by atoms with E-state index >= 15 is 0 Å². The average Bonchev–Trinajstić information content (AvgIpc) is 3.10. The predicted octanol–water partition coefficient (Wildman–Crippen LogP) is 2.04. The zero-order valence-electron chi connectivity index (χ0n) is 12.1. The second-order valence-corrected chi connectivity index (χ2v) is 6.06. The molecule has 1 aromatic rings. The third kappa shape index (κ3) is 4.30. The molecule has 0 heterocycles. The Balaban J connectivity index is 1.89. The first-order valence-corrected chi connectivity index (χ1v) is 7.08. The number of hydrogen-bond acceptors (Lipinski definition) is 3. The van der Waals surface area contributed by atoms with E-state index in [1.807, 2.05) is 37.9 Å². The van der Waals surface area contributed by atoms with Gasteiger partial charge >= 0.3 is 0 Å². The monoisotopic (exact) mass is 263 g/mol. The van der Waals surface area contributed by atoms with Crippen molar-refractivity contribution in [1.82, 2.24) is 4.90 Å². The van der Waals surface area contributed by atoms with Gasteiger partial charge in [-0.05, 0) is 45.2 Å². The van der Waals surface area contributed by atoms with Gasteiger partial charge in [0.05, 0.1) is 12.2 Å². The van der Waals surface area contributed by atoms with Gasteiger partial charge in [-0.25, -0.2) is 0 Å². The molecule has 1 fully saturated rings. The summed E-state index contributed by atoms with van der Waals surface area (Å²) in [5.41, 5.74) is 3.31. The lowest BCUT2D eigenvalue weighted by Gasteiger charge is -2.23. The summed E-state index contributed by atoms with van der Waals surface area (Å²) in [7, 11) is 1.96. The number of hydrogen-bond donors (Lipinski definition) is 2. The molecule has 3 heteroatoms. The third-order valence-corrected chi connectivity index (χ3v) is 3.78. The molecule has 1 aromatic carbocycles. The fraction of sp³-hybridized carbons (Fsp3) is 0.625. The van der Waals surface area contributed by atoms with Gasteiger partial charge in [0.15, 0.2) is 0 Å². The van der Waals surface area contributed by atoms with Crippen LogP contribution in [0.25, 0.3) is 0 Å². The van der Waals surface area contributed by atoms with Gasteiger partial charge in [0.25, 0.3) is 0 Å². The molecule has 1 aliphatic rings. The Morgan fingerprint density at radius 1 is 1.11 bits per heavy atom. The van der Waals surface area contributed by atoms with Gasteiger partial charge in [0.1, 0.15) is 0 Å². The first-order chi connectivity index (χ1) is 8.95. The van der Waals surface area contributed by atoms with Gasteiger partial charge in [0, 0.05) is 13.1 Å². The summed E-state index contributed by atoms with van der Waals surface area (Å²) in [6.45, 7) is 5.30. The van der Waals surface area contributed by atoms with Crippen LogP contribution >= 0.6 is 0 Å². The Labute approximate surface area is 115 Å². The van der Waals surface area contributed by atoms with E-state index in [0.717, 1.165) is 18.4 Å². The first kappa shape index (κ1) is 14.5. The fourth-order valence-electron chi connectivity index (χ4n) is 2.63. The van der Waals surface area contributed by atoms with Gasteiger partial charge < -0.3 is 15.1 Å². The number of aliphatic hydroxyl groups is 2. The number of aryl methyl sites for hydroxylation is 2. The number of nitrogens with zero attached hydrogens (tertiary/aromatic N) is 1. The van der Waals surface area contributed by atoms with E-state index in [1.165, 1.54) is 11.1 Å². The molecule has 1 aliphatic carbocycles. The highest BCUT2D eigenvalue weighted by Gasteiger charge is 2.30. The lowest BCUT2D eigenvalue weighted by Crippen LogP contribution is -2.33. The van der Waals surface area contributed by atoms with Gasteiger partial charge in [-0.1, -0.05) is 29.3 Å². The van der Waals surface area contributed by atoms with Crippen LogP contribution < -0.4 is 0 Å². The number of aliphatic hydroxyl groups excluding tert-OH is 2. The van der Waals surface area contributed by atoms with E-state index < -0.39 is 6.10 Å². The van der Waals surface area contributed by atoms with Crippen LogP contribution in [0.4, 0.5) is 0 Å². The van der Waals surface area contributed by atoms with Crippen LogP contribution in [0.3, 0.4) is 0 Å². The molecule has 19 heavy (non-hydrogen) atoms. The van der Waals surface area contributed by atoms with E-state index in [4.69, 9.17) is 0 Å². The molecule has 2 rings (SSSR count). The molecule has 0 spiro atoms. The Morgan fingerprint density at radius 3 is 2.21 bits per heavy atom. The number of likely N-dealkylation sites (N-methyl/N-ethyl adjacent to an activating group) is 1. The Kier molecular flexibility index (Phi) is 4.61. The highest BCUT2D eigenvalue weighted by atomic mass is 16.3. The second-order valence-electron chi connectivity index (χ2n) is 6.06.